The first kappa shape index (κ1) is 18.7. The molecule has 2 atom stereocenters. The van der Waals surface area contributed by atoms with Gasteiger partial charge < -0.3 is 15.0 Å². The molecule has 8 nitrogen and oxygen atoms in total. The van der Waals surface area contributed by atoms with Gasteiger partial charge in [-0.2, -0.15) is 10.2 Å². The van der Waals surface area contributed by atoms with Gasteiger partial charge in [0.05, 0.1) is 33.0 Å². The lowest BCUT2D eigenvalue weighted by Gasteiger charge is -2.38. The highest BCUT2D eigenvalue weighted by molar-refractivity contribution is 9.10. The summed E-state index contributed by atoms with van der Waals surface area (Å²) in [5.41, 5.74) is 5.37. The third kappa shape index (κ3) is 2.95. The first-order valence-corrected chi connectivity index (χ1v) is 9.59. The lowest BCUT2D eigenvalue weighted by Crippen LogP contribution is -2.47. The van der Waals surface area contributed by atoms with E-state index in [2.05, 4.69) is 26.1 Å². The third-order valence-corrected chi connectivity index (χ3v) is 6.57. The van der Waals surface area contributed by atoms with E-state index in [9.17, 15) is 4.79 Å². The Morgan fingerprint density at radius 1 is 1.48 bits per heavy atom. The van der Waals surface area contributed by atoms with Gasteiger partial charge in [-0.3, -0.25) is 9.48 Å². The number of hydrogen-bond donors (Lipinski definition) is 1. The zero-order valence-corrected chi connectivity index (χ0v) is 17.4. The fraction of sp³-hybridized carbons (Fsp3) is 0.438. The fourth-order valence-electron chi connectivity index (χ4n) is 3.40. The monoisotopic (exact) mass is 453 g/mol. The van der Waals surface area contributed by atoms with E-state index >= 15 is 0 Å². The van der Waals surface area contributed by atoms with Crippen molar-refractivity contribution in [1.29, 1.82) is 0 Å². The molecule has 2 N–H and O–H groups in total. The number of halogens is 2. The van der Waals surface area contributed by atoms with Crippen molar-refractivity contribution in [2.24, 2.45) is 10.8 Å². The van der Waals surface area contributed by atoms with Crippen molar-refractivity contribution in [2.75, 3.05) is 0 Å². The topological polar surface area (TPSA) is 96.7 Å². The zero-order chi connectivity index (χ0) is 19.6. The van der Waals surface area contributed by atoms with Gasteiger partial charge in [0.15, 0.2) is 0 Å². The summed E-state index contributed by atoms with van der Waals surface area (Å²) >= 11 is 9.42. The van der Waals surface area contributed by atoms with E-state index in [1.807, 2.05) is 31.6 Å². The number of carbonyl (C=O) groups is 1. The second-order valence-electron chi connectivity index (χ2n) is 7.45. The van der Waals surface area contributed by atoms with E-state index in [1.165, 1.54) is 4.68 Å². The Morgan fingerprint density at radius 2 is 2.22 bits per heavy atom. The van der Waals surface area contributed by atoms with E-state index in [0.29, 0.717) is 10.9 Å². The second-order valence-corrected chi connectivity index (χ2v) is 8.68. The molecule has 0 aromatic carbocycles. The van der Waals surface area contributed by atoms with Crippen molar-refractivity contribution in [2.45, 2.75) is 44.4 Å². The molecule has 2 aromatic heterocycles. The van der Waals surface area contributed by atoms with Crippen LogP contribution in [0.2, 0.25) is 5.02 Å². The standard InChI is InChI=1S/C16H18BBrClN5O3/c1-15(2)16(3)4-10(23-7-9(5-21-23)17(26-15)27-16)6-22-24-8-11(18)12(19)13(24)14(20)25/h5-8,10H,4H2,1-3H3,(H2,20,25)/b22-6-. The third-order valence-electron chi connectivity index (χ3n) is 5.35. The number of amides is 1. The SMILES string of the molecule is CC1(C)OB2OC1(C)CC(/C=N\n1cc(Br)c(Cl)c1C(N)=O)n1cc2cn1. The number of fused-ring (bicyclic) bond motifs is 5. The molecule has 27 heavy (non-hydrogen) atoms. The largest absolute Gasteiger partial charge is 0.498 e. The van der Waals surface area contributed by atoms with Crippen molar-refractivity contribution < 1.29 is 14.1 Å². The van der Waals surface area contributed by atoms with E-state index in [-0.39, 0.29) is 16.8 Å². The minimum atomic E-state index is -0.662. The number of hydrogen-bond acceptors (Lipinski definition) is 5. The minimum absolute atomic E-state index is 0.110. The van der Waals surface area contributed by atoms with Crippen LogP contribution < -0.4 is 11.2 Å². The highest BCUT2D eigenvalue weighted by Crippen LogP contribution is 2.43. The molecule has 2 aliphatic heterocycles. The summed E-state index contributed by atoms with van der Waals surface area (Å²) in [4.78, 5) is 11.7. The van der Waals surface area contributed by atoms with E-state index in [0.717, 1.165) is 5.46 Å². The highest BCUT2D eigenvalue weighted by Gasteiger charge is 2.56. The molecular weight excluding hydrogens is 436 g/mol. The number of nitrogens with two attached hydrogens (primary N) is 1. The summed E-state index contributed by atoms with van der Waals surface area (Å²) in [6.45, 7) is 6.06. The number of nitrogens with zero attached hydrogens (tertiary/aromatic N) is 4. The second kappa shape index (κ2) is 6.20. The van der Waals surface area contributed by atoms with Crippen LogP contribution in [0.15, 0.2) is 28.2 Å². The van der Waals surface area contributed by atoms with Crippen molar-refractivity contribution in [3.05, 3.63) is 33.8 Å². The van der Waals surface area contributed by atoms with E-state index < -0.39 is 24.2 Å². The van der Waals surface area contributed by atoms with Crippen LogP contribution in [0.4, 0.5) is 0 Å². The Labute approximate surface area is 169 Å². The molecule has 0 spiro atoms. The van der Waals surface area contributed by atoms with Gasteiger partial charge in [0.1, 0.15) is 5.69 Å². The van der Waals surface area contributed by atoms with Gasteiger partial charge >= 0.3 is 7.12 Å². The Bertz CT molecular complexity index is 958. The van der Waals surface area contributed by atoms with Gasteiger partial charge in [-0.15, -0.1) is 0 Å². The molecule has 0 aliphatic carbocycles. The molecular formula is C16H18BBrClN5O3. The van der Waals surface area contributed by atoms with E-state index in [4.69, 9.17) is 26.6 Å². The molecule has 4 rings (SSSR count). The molecule has 0 radical (unpaired) electrons. The van der Waals surface area contributed by atoms with Crippen molar-refractivity contribution in [1.82, 2.24) is 14.5 Å². The van der Waals surface area contributed by atoms with Gasteiger partial charge in [-0.25, -0.2) is 4.68 Å². The number of aromatic nitrogens is 3. The number of rotatable bonds is 3. The summed E-state index contributed by atoms with van der Waals surface area (Å²) in [5, 5.41) is 9.06. The van der Waals surface area contributed by atoms with Gasteiger partial charge in [0, 0.05) is 30.5 Å². The highest BCUT2D eigenvalue weighted by atomic mass is 79.9. The van der Waals surface area contributed by atoms with Crippen LogP contribution in [0.5, 0.6) is 0 Å². The van der Waals surface area contributed by atoms with E-state index in [1.54, 1.807) is 18.6 Å². The Morgan fingerprint density at radius 3 is 2.93 bits per heavy atom. The normalized spacial score (nSPS) is 26.4. The number of carbonyl (C=O) groups excluding carboxylic acids is 1. The van der Waals surface area contributed by atoms with Crippen LogP contribution in [0, 0.1) is 0 Å². The van der Waals surface area contributed by atoms with Gasteiger partial charge in [0.25, 0.3) is 5.91 Å². The summed E-state index contributed by atoms with van der Waals surface area (Å²) in [6, 6.07) is -0.216. The molecule has 1 saturated heterocycles. The van der Waals surface area contributed by atoms with Crippen LogP contribution in [-0.4, -0.2) is 44.9 Å². The molecule has 11 heteroatoms. The smallest absolute Gasteiger partial charge is 0.399 e. The maximum Gasteiger partial charge on any atom is 0.498 e. The molecule has 0 saturated carbocycles. The van der Waals surface area contributed by atoms with Crippen LogP contribution in [0.3, 0.4) is 0 Å². The van der Waals surface area contributed by atoms with Crippen molar-refractivity contribution >= 4 is 52.2 Å². The Balaban J connectivity index is 1.73. The average Bonchev–Trinajstić information content (AvgIpc) is 3.21. The first-order valence-electron chi connectivity index (χ1n) is 8.41. The van der Waals surface area contributed by atoms with Gasteiger partial charge in [0.2, 0.25) is 0 Å². The first-order chi connectivity index (χ1) is 12.6. The molecule has 4 heterocycles. The lowest BCUT2D eigenvalue weighted by molar-refractivity contribution is -0.0210. The summed E-state index contributed by atoms with van der Waals surface area (Å²) in [7, 11) is -0.433. The zero-order valence-electron chi connectivity index (χ0n) is 15.0. The minimum Gasteiger partial charge on any atom is -0.399 e. The fourth-order valence-corrected chi connectivity index (χ4v) is 4.01. The predicted octanol–water partition coefficient (Wildman–Crippen LogP) is 1.96. The summed E-state index contributed by atoms with van der Waals surface area (Å²) < 4.78 is 16.0. The average molecular weight is 455 g/mol. The maximum atomic E-state index is 11.7. The van der Waals surface area contributed by atoms with Crippen LogP contribution in [-0.2, 0) is 9.31 Å². The molecule has 2 unspecified atom stereocenters. The lowest BCUT2D eigenvalue weighted by atomic mass is 9.80. The van der Waals surface area contributed by atoms with Gasteiger partial charge in [-0.05, 0) is 36.7 Å². The summed E-state index contributed by atoms with van der Waals surface area (Å²) in [5.74, 6) is -0.662. The van der Waals surface area contributed by atoms with Crippen molar-refractivity contribution in [3.63, 3.8) is 0 Å². The molecule has 2 aromatic rings. The molecule has 142 valence electrons. The predicted molar refractivity (Wildman–Crippen MR) is 105 cm³/mol. The van der Waals surface area contributed by atoms with Gasteiger partial charge in [-0.1, -0.05) is 11.6 Å². The molecule has 1 fully saturated rings. The Hall–Kier alpha value is -1.62. The van der Waals surface area contributed by atoms with Crippen molar-refractivity contribution in [3.8, 4) is 0 Å². The maximum absolute atomic E-state index is 11.7. The molecule has 4 bridgehead atoms. The van der Waals surface area contributed by atoms with Crippen LogP contribution >= 0.6 is 27.5 Å². The number of primary amides is 1. The molecule has 2 aliphatic rings. The summed E-state index contributed by atoms with van der Waals surface area (Å²) in [6.07, 6.45) is 7.50. The van der Waals surface area contributed by atoms with Crippen LogP contribution in [0.25, 0.3) is 0 Å². The molecule has 1 amide bonds. The quantitative estimate of drug-likeness (QED) is 0.566. The Kier molecular flexibility index (Phi) is 4.30. The van der Waals surface area contributed by atoms with Crippen LogP contribution in [0.1, 0.15) is 43.7 Å².